The molecule has 4 heteroatoms. The van der Waals surface area contributed by atoms with Gasteiger partial charge in [0.05, 0.1) is 17.1 Å². The van der Waals surface area contributed by atoms with E-state index < -0.39 is 0 Å². The van der Waals surface area contributed by atoms with E-state index in [1.165, 1.54) is 5.56 Å². The fraction of sp³-hybridized carbons (Fsp3) is 0.381. The normalized spacial score (nSPS) is 12.8. The molecule has 0 aliphatic heterocycles. The van der Waals surface area contributed by atoms with Crippen LogP contribution in [0.5, 0.6) is 0 Å². The molecule has 1 aromatic heterocycles. The molecule has 0 saturated heterocycles. The third-order valence-electron chi connectivity index (χ3n) is 3.91. The maximum absolute atomic E-state index is 5.91. The van der Waals surface area contributed by atoms with E-state index in [4.69, 9.17) is 10.7 Å². The van der Waals surface area contributed by atoms with Gasteiger partial charge in [-0.15, -0.1) is 0 Å². The molecular formula is C21H28N4. The Morgan fingerprint density at radius 1 is 1.24 bits per heavy atom. The van der Waals surface area contributed by atoms with Crippen LogP contribution in [-0.4, -0.2) is 15.7 Å². The number of nitrogens with zero attached hydrogens (tertiary/aromatic N) is 3. The SMILES string of the molecule is CC(Cc1ccc(N)c(C)c1)=N/C(=C\C(C)C)c1ncc(C)nc1C. The maximum Gasteiger partial charge on any atom is 0.109 e. The number of nitrogen functional groups attached to an aromatic ring is 1. The van der Waals surface area contributed by atoms with E-state index in [0.717, 1.165) is 46.2 Å². The molecule has 0 atom stereocenters. The molecule has 4 nitrogen and oxygen atoms in total. The highest BCUT2D eigenvalue weighted by atomic mass is 14.9. The van der Waals surface area contributed by atoms with E-state index in [0.29, 0.717) is 5.92 Å². The van der Waals surface area contributed by atoms with Gasteiger partial charge in [-0.25, -0.2) is 0 Å². The van der Waals surface area contributed by atoms with Crippen LogP contribution >= 0.6 is 0 Å². The van der Waals surface area contributed by atoms with Crippen LogP contribution in [0.1, 0.15) is 49.0 Å². The van der Waals surface area contributed by atoms with E-state index in [2.05, 4.69) is 48.9 Å². The minimum Gasteiger partial charge on any atom is -0.399 e. The molecule has 25 heavy (non-hydrogen) atoms. The van der Waals surface area contributed by atoms with Crippen LogP contribution in [0.3, 0.4) is 0 Å². The summed E-state index contributed by atoms with van der Waals surface area (Å²) in [4.78, 5) is 14.0. The Bertz CT molecular complexity index is 817. The van der Waals surface area contributed by atoms with Crippen LogP contribution in [0, 0.1) is 26.7 Å². The highest BCUT2D eigenvalue weighted by Gasteiger charge is 2.10. The molecule has 0 amide bonds. The van der Waals surface area contributed by atoms with Crippen LogP contribution in [0.15, 0.2) is 35.5 Å². The number of aromatic nitrogens is 2. The second-order valence-electron chi connectivity index (χ2n) is 6.96. The molecule has 2 aromatic rings. The minimum absolute atomic E-state index is 0.382. The standard InChI is InChI=1S/C21H28N4/c1-13(2)9-20(21-17(6)24-16(5)12-23-21)25-15(4)11-18-7-8-19(22)14(3)10-18/h7-10,12-13H,11,22H2,1-6H3/b20-9-,25-15?. The third-order valence-corrected chi connectivity index (χ3v) is 3.91. The summed E-state index contributed by atoms with van der Waals surface area (Å²) >= 11 is 0. The van der Waals surface area contributed by atoms with Crippen LogP contribution < -0.4 is 5.73 Å². The van der Waals surface area contributed by atoms with Gasteiger partial charge in [-0.05, 0) is 50.8 Å². The zero-order valence-electron chi connectivity index (χ0n) is 16.1. The van der Waals surface area contributed by atoms with E-state index in [-0.39, 0.29) is 0 Å². The molecule has 0 bridgehead atoms. The van der Waals surface area contributed by atoms with Gasteiger partial charge in [0.1, 0.15) is 5.69 Å². The first-order valence-corrected chi connectivity index (χ1v) is 8.68. The van der Waals surface area contributed by atoms with Crippen molar-refractivity contribution in [2.75, 3.05) is 5.73 Å². The molecule has 0 saturated carbocycles. The number of nitrogens with two attached hydrogens (primary N) is 1. The molecule has 0 spiro atoms. The second kappa shape index (κ2) is 8.06. The maximum atomic E-state index is 5.91. The van der Waals surface area contributed by atoms with E-state index in [1.807, 2.05) is 26.8 Å². The van der Waals surface area contributed by atoms with Crippen molar-refractivity contribution in [1.29, 1.82) is 0 Å². The van der Waals surface area contributed by atoms with Gasteiger partial charge in [-0.1, -0.05) is 32.1 Å². The largest absolute Gasteiger partial charge is 0.399 e. The molecule has 0 fully saturated rings. The highest BCUT2D eigenvalue weighted by molar-refractivity contribution is 5.89. The van der Waals surface area contributed by atoms with E-state index >= 15 is 0 Å². The van der Waals surface area contributed by atoms with Gasteiger partial charge in [0.25, 0.3) is 0 Å². The number of rotatable bonds is 5. The molecule has 0 unspecified atom stereocenters. The molecular weight excluding hydrogens is 308 g/mol. The third kappa shape index (κ3) is 5.24. The zero-order valence-corrected chi connectivity index (χ0v) is 16.1. The predicted molar refractivity (Wildman–Crippen MR) is 107 cm³/mol. The lowest BCUT2D eigenvalue weighted by Crippen LogP contribution is -2.03. The van der Waals surface area contributed by atoms with Gasteiger partial charge in [-0.2, -0.15) is 0 Å². The first-order valence-electron chi connectivity index (χ1n) is 8.68. The Balaban J connectivity index is 2.34. The smallest absolute Gasteiger partial charge is 0.109 e. The fourth-order valence-electron chi connectivity index (χ4n) is 2.72. The quantitative estimate of drug-likeness (QED) is 0.636. The molecule has 1 heterocycles. The average molecular weight is 336 g/mol. The number of benzene rings is 1. The summed E-state index contributed by atoms with van der Waals surface area (Å²) < 4.78 is 0. The number of allylic oxidation sites excluding steroid dienone is 1. The van der Waals surface area contributed by atoms with Gasteiger partial charge in [-0.3, -0.25) is 15.0 Å². The first kappa shape index (κ1) is 18.8. The molecule has 2 N–H and O–H groups in total. The van der Waals surface area contributed by atoms with Crippen molar-refractivity contribution in [1.82, 2.24) is 9.97 Å². The zero-order chi connectivity index (χ0) is 18.6. The Labute approximate surface area is 150 Å². The van der Waals surface area contributed by atoms with Crippen molar-refractivity contribution in [3.05, 3.63) is 58.7 Å². The van der Waals surface area contributed by atoms with Gasteiger partial charge in [0, 0.05) is 24.0 Å². The second-order valence-corrected chi connectivity index (χ2v) is 6.96. The number of aliphatic imine (C=N–C) groups is 1. The summed E-state index contributed by atoms with van der Waals surface area (Å²) in [5.74, 6) is 0.382. The van der Waals surface area contributed by atoms with Crippen molar-refractivity contribution < 1.29 is 0 Å². The van der Waals surface area contributed by atoms with Crippen molar-refractivity contribution in [2.45, 2.75) is 48.0 Å². The first-order chi connectivity index (χ1) is 11.8. The van der Waals surface area contributed by atoms with Crippen molar-refractivity contribution in [3.63, 3.8) is 0 Å². The van der Waals surface area contributed by atoms with Crippen LogP contribution in [-0.2, 0) is 6.42 Å². The minimum atomic E-state index is 0.382. The molecule has 0 radical (unpaired) electrons. The Morgan fingerprint density at radius 3 is 2.56 bits per heavy atom. The fourth-order valence-corrected chi connectivity index (χ4v) is 2.72. The van der Waals surface area contributed by atoms with Gasteiger partial charge < -0.3 is 5.73 Å². The average Bonchev–Trinajstić information content (AvgIpc) is 2.50. The number of aryl methyl sites for hydroxylation is 3. The van der Waals surface area contributed by atoms with E-state index in [1.54, 1.807) is 6.20 Å². The van der Waals surface area contributed by atoms with Gasteiger partial charge in [0.2, 0.25) is 0 Å². The number of hydrogen-bond acceptors (Lipinski definition) is 4. The van der Waals surface area contributed by atoms with Gasteiger partial charge >= 0.3 is 0 Å². The number of hydrogen-bond donors (Lipinski definition) is 1. The van der Waals surface area contributed by atoms with Crippen LogP contribution in [0.4, 0.5) is 5.69 Å². The van der Waals surface area contributed by atoms with E-state index in [9.17, 15) is 0 Å². The summed E-state index contributed by atoms with van der Waals surface area (Å²) in [6.45, 7) is 12.3. The van der Waals surface area contributed by atoms with Crippen LogP contribution in [0.25, 0.3) is 5.70 Å². The summed E-state index contributed by atoms with van der Waals surface area (Å²) in [7, 11) is 0. The molecule has 0 aliphatic rings. The Morgan fingerprint density at radius 2 is 1.96 bits per heavy atom. The topological polar surface area (TPSA) is 64.2 Å². The lowest BCUT2D eigenvalue weighted by molar-refractivity contribution is 0.830. The van der Waals surface area contributed by atoms with Crippen molar-refractivity contribution >= 4 is 17.1 Å². The lowest BCUT2D eigenvalue weighted by atomic mass is 10.0. The molecule has 2 rings (SSSR count). The molecule has 132 valence electrons. The summed E-state index contributed by atoms with van der Waals surface area (Å²) in [6, 6.07) is 6.14. The number of anilines is 1. The van der Waals surface area contributed by atoms with Crippen molar-refractivity contribution in [2.24, 2.45) is 10.9 Å². The van der Waals surface area contributed by atoms with Crippen molar-refractivity contribution in [3.8, 4) is 0 Å². The van der Waals surface area contributed by atoms with Gasteiger partial charge in [0.15, 0.2) is 0 Å². The molecule has 0 aliphatic carbocycles. The predicted octanol–water partition coefficient (Wildman–Crippen LogP) is 4.68. The molecule has 1 aromatic carbocycles. The Hall–Kier alpha value is -2.49. The van der Waals surface area contributed by atoms with Crippen LogP contribution in [0.2, 0.25) is 0 Å². The Kier molecular flexibility index (Phi) is 6.07. The summed E-state index contributed by atoms with van der Waals surface area (Å²) in [5.41, 5.74) is 13.7. The monoisotopic (exact) mass is 336 g/mol. The lowest BCUT2D eigenvalue weighted by Gasteiger charge is -2.10. The summed E-state index contributed by atoms with van der Waals surface area (Å²) in [5, 5.41) is 0. The highest BCUT2D eigenvalue weighted by Crippen LogP contribution is 2.20. The summed E-state index contributed by atoms with van der Waals surface area (Å²) in [6.07, 6.45) is 4.73.